The number of phenols is 1. The van der Waals surface area contributed by atoms with Crippen molar-refractivity contribution in [3.8, 4) is 5.75 Å². The van der Waals surface area contributed by atoms with E-state index in [1.807, 2.05) is 18.2 Å². The van der Waals surface area contributed by atoms with Gasteiger partial charge in [0, 0.05) is 22.5 Å². The molecule has 2 unspecified atom stereocenters. The van der Waals surface area contributed by atoms with Gasteiger partial charge in [0.1, 0.15) is 5.75 Å². The standard InChI is InChI=1S/C18H23NO/c1-2-13-7-3-4-10-16(13)19-17-11-5-9-15-14(17)8-6-12-18(15)20/h5-6,8-9,11-13,16,19-20H,2-4,7,10H2,1H3. The van der Waals surface area contributed by atoms with Gasteiger partial charge in [-0.1, -0.05) is 50.5 Å². The van der Waals surface area contributed by atoms with Crippen molar-refractivity contribution in [3.63, 3.8) is 0 Å². The fourth-order valence-electron chi connectivity index (χ4n) is 3.51. The van der Waals surface area contributed by atoms with E-state index in [-0.39, 0.29) is 0 Å². The van der Waals surface area contributed by atoms with Crippen LogP contribution in [0.2, 0.25) is 0 Å². The van der Waals surface area contributed by atoms with Gasteiger partial charge >= 0.3 is 0 Å². The van der Waals surface area contributed by atoms with Crippen LogP contribution in [0.4, 0.5) is 5.69 Å². The van der Waals surface area contributed by atoms with Gasteiger partial charge in [-0.3, -0.25) is 0 Å². The molecule has 106 valence electrons. The average Bonchev–Trinajstić information content (AvgIpc) is 2.49. The molecule has 2 N–H and O–H groups in total. The molecular weight excluding hydrogens is 246 g/mol. The zero-order valence-corrected chi connectivity index (χ0v) is 12.1. The molecule has 1 saturated carbocycles. The Labute approximate surface area is 120 Å². The lowest BCUT2D eigenvalue weighted by molar-refractivity contribution is 0.317. The fourth-order valence-corrected chi connectivity index (χ4v) is 3.51. The second-order valence-corrected chi connectivity index (χ2v) is 5.88. The van der Waals surface area contributed by atoms with Gasteiger partial charge in [-0.05, 0) is 30.9 Å². The van der Waals surface area contributed by atoms with E-state index in [4.69, 9.17) is 0 Å². The molecule has 0 aliphatic heterocycles. The molecule has 0 amide bonds. The molecule has 1 aliphatic carbocycles. The van der Waals surface area contributed by atoms with Crippen molar-refractivity contribution in [2.75, 3.05) is 5.32 Å². The Balaban J connectivity index is 1.92. The molecule has 0 aromatic heterocycles. The van der Waals surface area contributed by atoms with Crippen LogP contribution in [0.3, 0.4) is 0 Å². The monoisotopic (exact) mass is 269 g/mol. The average molecular weight is 269 g/mol. The summed E-state index contributed by atoms with van der Waals surface area (Å²) in [5.41, 5.74) is 1.16. The molecule has 3 rings (SSSR count). The molecule has 1 aliphatic rings. The lowest BCUT2D eigenvalue weighted by Gasteiger charge is -2.32. The Kier molecular flexibility index (Phi) is 3.81. The van der Waals surface area contributed by atoms with Gasteiger partial charge in [-0.2, -0.15) is 0 Å². The Morgan fingerprint density at radius 2 is 1.80 bits per heavy atom. The highest BCUT2D eigenvalue weighted by molar-refractivity contribution is 5.97. The molecule has 20 heavy (non-hydrogen) atoms. The lowest BCUT2D eigenvalue weighted by Crippen LogP contribution is -2.31. The summed E-state index contributed by atoms with van der Waals surface area (Å²) in [4.78, 5) is 0. The van der Waals surface area contributed by atoms with Gasteiger partial charge in [0.05, 0.1) is 0 Å². The highest BCUT2D eigenvalue weighted by Crippen LogP contribution is 2.34. The molecule has 0 bridgehead atoms. The molecule has 2 nitrogen and oxygen atoms in total. The summed E-state index contributed by atoms with van der Waals surface area (Å²) in [7, 11) is 0. The summed E-state index contributed by atoms with van der Waals surface area (Å²) in [6.07, 6.45) is 6.53. The topological polar surface area (TPSA) is 32.3 Å². The van der Waals surface area contributed by atoms with Gasteiger partial charge in [-0.15, -0.1) is 0 Å². The van der Waals surface area contributed by atoms with Crippen molar-refractivity contribution in [2.24, 2.45) is 5.92 Å². The second kappa shape index (κ2) is 5.74. The van der Waals surface area contributed by atoms with Crippen LogP contribution >= 0.6 is 0 Å². The predicted octanol–water partition coefficient (Wildman–Crippen LogP) is 4.93. The van der Waals surface area contributed by atoms with Crippen LogP contribution in [-0.2, 0) is 0 Å². The van der Waals surface area contributed by atoms with Crippen LogP contribution in [0.5, 0.6) is 5.75 Å². The number of rotatable bonds is 3. The maximum Gasteiger partial charge on any atom is 0.123 e. The number of nitrogens with one attached hydrogen (secondary N) is 1. The van der Waals surface area contributed by atoms with Gasteiger partial charge in [0.2, 0.25) is 0 Å². The minimum Gasteiger partial charge on any atom is -0.507 e. The minimum atomic E-state index is 0.363. The predicted molar refractivity (Wildman–Crippen MR) is 85.3 cm³/mol. The van der Waals surface area contributed by atoms with Crippen LogP contribution < -0.4 is 5.32 Å². The van der Waals surface area contributed by atoms with E-state index in [1.165, 1.54) is 32.1 Å². The van der Waals surface area contributed by atoms with Crippen LogP contribution in [0.15, 0.2) is 36.4 Å². The third-order valence-electron chi connectivity index (χ3n) is 4.67. The van der Waals surface area contributed by atoms with Crippen LogP contribution in [0.1, 0.15) is 39.0 Å². The molecule has 2 aromatic rings. The first-order valence-electron chi connectivity index (χ1n) is 7.77. The maximum atomic E-state index is 9.97. The Hall–Kier alpha value is -1.70. The first-order valence-corrected chi connectivity index (χ1v) is 7.77. The first kappa shape index (κ1) is 13.3. The highest BCUT2D eigenvalue weighted by Gasteiger charge is 2.23. The number of hydrogen-bond acceptors (Lipinski definition) is 2. The van der Waals surface area contributed by atoms with E-state index in [2.05, 4.69) is 24.4 Å². The van der Waals surface area contributed by atoms with Gasteiger partial charge in [0.15, 0.2) is 0 Å². The third-order valence-corrected chi connectivity index (χ3v) is 4.67. The van der Waals surface area contributed by atoms with E-state index in [0.717, 1.165) is 22.4 Å². The minimum absolute atomic E-state index is 0.363. The fraction of sp³-hybridized carbons (Fsp3) is 0.444. The summed E-state index contributed by atoms with van der Waals surface area (Å²) in [5.74, 6) is 1.14. The Bertz CT molecular complexity index is 593. The van der Waals surface area contributed by atoms with Crippen molar-refractivity contribution in [1.29, 1.82) is 0 Å². The van der Waals surface area contributed by atoms with E-state index >= 15 is 0 Å². The first-order chi connectivity index (χ1) is 9.79. The largest absolute Gasteiger partial charge is 0.507 e. The quantitative estimate of drug-likeness (QED) is 0.828. The molecule has 1 fully saturated rings. The number of aromatic hydroxyl groups is 1. The Morgan fingerprint density at radius 1 is 1.05 bits per heavy atom. The lowest BCUT2D eigenvalue weighted by atomic mass is 9.82. The normalized spacial score (nSPS) is 22.9. The summed E-state index contributed by atoms with van der Waals surface area (Å²) in [6.45, 7) is 2.29. The van der Waals surface area contributed by atoms with Crippen molar-refractivity contribution in [3.05, 3.63) is 36.4 Å². The van der Waals surface area contributed by atoms with Crippen molar-refractivity contribution in [1.82, 2.24) is 0 Å². The summed E-state index contributed by atoms with van der Waals surface area (Å²) in [5, 5.41) is 15.8. The third kappa shape index (κ3) is 2.47. The van der Waals surface area contributed by atoms with Gasteiger partial charge in [0.25, 0.3) is 0 Å². The summed E-state index contributed by atoms with van der Waals surface area (Å²) in [6, 6.07) is 12.5. The molecule has 0 spiro atoms. The molecule has 2 heteroatoms. The van der Waals surface area contributed by atoms with Crippen molar-refractivity contribution in [2.45, 2.75) is 45.1 Å². The van der Waals surface area contributed by atoms with Crippen LogP contribution in [0.25, 0.3) is 10.8 Å². The molecule has 0 heterocycles. The zero-order chi connectivity index (χ0) is 13.9. The molecule has 0 radical (unpaired) electrons. The number of hydrogen-bond donors (Lipinski definition) is 2. The molecular formula is C18H23NO. The summed E-state index contributed by atoms with van der Waals surface area (Å²) < 4.78 is 0. The maximum absolute atomic E-state index is 9.97. The smallest absolute Gasteiger partial charge is 0.123 e. The van der Waals surface area contributed by atoms with Crippen LogP contribution in [-0.4, -0.2) is 11.1 Å². The number of anilines is 1. The molecule has 2 atom stereocenters. The van der Waals surface area contributed by atoms with E-state index in [1.54, 1.807) is 6.07 Å². The zero-order valence-electron chi connectivity index (χ0n) is 12.1. The number of fused-ring (bicyclic) bond motifs is 1. The van der Waals surface area contributed by atoms with Crippen LogP contribution in [0, 0.1) is 5.92 Å². The van der Waals surface area contributed by atoms with Gasteiger partial charge in [-0.25, -0.2) is 0 Å². The second-order valence-electron chi connectivity index (χ2n) is 5.88. The summed E-state index contributed by atoms with van der Waals surface area (Å²) >= 11 is 0. The van der Waals surface area contributed by atoms with Gasteiger partial charge < -0.3 is 10.4 Å². The number of phenolic OH excluding ortho intramolecular Hbond substituents is 1. The Morgan fingerprint density at radius 3 is 2.65 bits per heavy atom. The highest BCUT2D eigenvalue weighted by atomic mass is 16.3. The molecule has 0 saturated heterocycles. The van der Waals surface area contributed by atoms with Crippen molar-refractivity contribution >= 4 is 16.5 Å². The van der Waals surface area contributed by atoms with Crippen molar-refractivity contribution < 1.29 is 5.11 Å². The van der Waals surface area contributed by atoms with E-state index in [0.29, 0.717) is 11.8 Å². The number of benzene rings is 2. The molecule has 2 aromatic carbocycles. The van der Waals surface area contributed by atoms with E-state index in [9.17, 15) is 5.11 Å². The SMILES string of the molecule is CCC1CCCCC1Nc1cccc2c(O)cccc12. The van der Waals surface area contributed by atoms with E-state index < -0.39 is 0 Å².